The van der Waals surface area contributed by atoms with Crippen molar-refractivity contribution in [2.45, 2.75) is 26.4 Å². The van der Waals surface area contributed by atoms with Crippen molar-refractivity contribution in [1.29, 1.82) is 0 Å². The molecule has 6 nitrogen and oxygen atoms in total. The average molecular weight is 319 g/mol. The third kappa shape index (κ3) is 3.94. The molecule has 0 fully saturated rings. The summed E-state index contributed by atoms with van der Waals surface area (Å²) < 4.78 is 19.7. The van der Waals surface area contributed by atoms with Gasteiger partial charge in [-0.05, 0) is 32.9 Å². The molecule has 2 aromatic rings. The molecule has 0 spiro atoms. The molecule has 0 unspecified atom stereocenters. The van der Waals surface area contributed by atoms with Crippen molar-refractivity contribution in [3.8, 4) is 5.69 Å². The Labute approximate surface area is 133 Å². The summed E-state index contributed by atoms with van der Waals surface area (Å²) in [6, 6.07) is 4.27. The van der Waals surface area contributed by atoms with Crippen molar-refractivity contribution < 1.29 is 13.9 Å². The highest BCUT2D eigenvalue weighted by atomic mass is 19.1. The fourth-order valence-electron chi connectivity index (χ4n) is 1.90. The fraction of sp³-hybridized carbons (Fsp3) is 0.312. The van der Waals surface area contributed by atoms with Crippen LogP contribution in [-0.4, -0.2) is 28.3 Å². The quantitative estimate of drug-likeness (QED) is 0.854. The molecule has 7 heteroatoms. The highest BCUT2D eigenvalue weighted by Crippen LogP contribution is 2.14. The Morgan fingerprint density at radius 1 is 1.35 bits per heavy atom. The fourth-order valence-corrected chi connectivity index (χ4v) is 1.90. The van der Waals surface area contributed by atoms with Crippen LogP contribution in [0.3, 0.4) is 0 Å². The molecule has 122 valence electrons. The van der Waals surface area contributed by atoms with Crippen molar-refractivity contribution in [2.24, 2.45) is 0 Å². The number of aromatic nitrogens is 2. The van der Waals surface area contributed by atoms with E-state index >= 15 is 0 Å². The van der Waals surface area contributed by atoms with Gasteiger partial charge in [0.2, 0.25) is 0 Å². The van der Waals surface area contributed by atoms with Gasteiger partial charge >= 0.3 is 6.09 Å². The summed E-state index contributed by atoms with van der Waals surface area (Å²) in [4.78, 5) is 29.5. The van der Waals surface area contributed by atoms with Crippen molar-refractivity contribution in [3.63, 3.8) is 0 Å². The van der Waals surface area contributed by atoms with Crippen LogP contribution >= 0.6 is 0 Å². The zero-order valence-corrected chi connectivity index (χ0v) is 13.4. The molecule has 23 heavy (non-hydrogen) atoms. The minimum absolute atomic E-state index is 0.117. The molecule has 0 aromatic carbocycles. The molecule has 2 heterocycles. The molecular weight excluding hydrogens is 301 g/mol. The number of nitrogens with zero attached hydrogens (tertiary/aromatic N) is 3. The van der Waals surface area contributed by atoms with E-state index in [-0.39, 0.29) is 11.4 Å². The van der Waals surface area contributed by atoms with Crippen molar-refractivity contribution >= 4 is 11.8 Å². The lowest BCUT2D eigenvalue weighted by Crippen LogP contribution is -2.37. The van der Waals surface area contributed by atoms with Gasteiger partial charge in [0.15, 0.2) is 0 Å². The maximum atomic E-state index is 13.3. The van der Waals surface area contributed by atoms with E-state index in [9.17, 15) is 14.0 Å². The van der Waals surface area contributed by atoms with Crippen LogP contribution in [-0.2, 0) is 4.74 Å². The smallest absolute Gasteiger partial charge is 0.414 e. The lowest BCUT2D eigenvalue weighted by atomic mass is 10.2. The summed E-state index contributed by atoms with van der Waals surface area (Å²) in [5.41, 5.74) is -0.764. The van der Waals surface area contributed by atoms with Crippen LogP contribution in [0.5, 0.6) is 0 Å². The Kier molecular flexibility index (Phi) is 4.49. The molecular formula is C16H18FN3O3. The summed E-state index contributed by atoms with van der Waals surface area (Å²) >= 11 is 0. The number of rotatable bonds is 2. The normalized spacial score (nSPS) is 11.2. The van der Waals surface area contributed by atoms with E-state index in [0.717, 1.165) is 11.1 Å². The predicted octanol–water partition coefficient (Wildman–Crippen LogP) is 2.74. The van der Waals surface area contributed by atoms with Crippen LogP contribution in [0.15, 0.2) is 41.6 Å². The Morgan fingerprint density at radius 2 is 2.04 bits per heavy atom. The Morgan fingerprint density at radius 3 is 2.65 bits per heavy atom. The first-order valence-corrected chi connectivity index (χ1v) is 6.98. The van der Waals surface area contributed by atoms with Gasteiger partial charge in [-0.2, -0.15) is 0 Å². The predicted molar refractivity (Wildman–Crippen MR) is 84.4 cm³/mol. The Balaban J connectivity index is 2.41. The van der Waals surface area contributed by atoms with Gasteiger partial charge in [-0.1, -0.05) is 0 Å². The Bertz CT molecular complexity index is 781. The third-order valence-corrected chi connectivity index (χ3v) is 2.92. The number of carbonyl (C=O) groups excluding carboxylic acids is 1. The molecule has 2 aromatic heterocycles. The molecule has 0 aliphatic carbocycles. The van der Waals surface area contributed by atoms with Gasteiger partial charge in [-0.15, -0.1) is 0 Å². The number of halogens is 1. The molecule has 0 radical (unpaired) electrons. The molecule has 0 saturated heterocycles. The van der Waals surface area contributed by atoms with Gasteiger partial charge in [0.25, 0.3) is 5.56 Å². The second kappa shape index (κ2) is 6.20. The number of hydrogen-bond donors (Lipinski definition) is 0. The van der Waals surface area contributed by atoms with Gasteiger partial charge in [-0.3, -0.25) is 19.2 Å². The topological polar surface area (TPSA) is 64.4 Å². The Hall–Kier alpha value is -2.70. The summed E-state index contributed by atoms with van der Waals surface area (Å²) in [6.45, 7) is 5.21. The first kappa shape index (κ1) is 16.7. The average Bonchev–Trinajstić information content (AvgIpc) is 2.45. The van der Waals surface area contributed by atoms with Crippen molar-refractivity contribution in [3.05, 3.63) is 53.0 Å². The molecule has 0 aliphatic heterocycles. The van der Waals surface area contributed by atoms with E-state index in [0.29, 0.717) is 0 Å². The molecule has 0 saturated carbocycles. The first-order chi connectivity index (χ1) is 10.7. The monoisotopic (exact) mass is 319 g/mol. The lowest BCUT2D eigenvalue weighted by Gasteiger charge is -2.24. The van der Waals surface area contributed by atoms with Crippen molar-refractivity contribution in [2.75, 3.05) is 11.9 Å². The zero-order chi connectivity index (χ0) is 17.2. The largest absolute Gasteiger partial charge is 0.443 e. The summed E-state index contributed by atoms with van der Waals surface area (Å²) in [6.07, 6.45) is 3.24. The number of anilines is 1. The summed E-state index contributed by atoms with van der Waals surface area (Å²) in [5, 5.41) is 0. The molecule has 0 N–H and O–H groups in total. The van der Waals surface area contributed by atoms with Gasteiger partial charge in [-0.25, -0.2) is 9.18 Å². The number of ether oxygens (including phenoxy) is 1. The van der Waals surface area contributed by atoms with Crippen LogP contribution in [0.25, 0.3) is 5.69 Å². The van der Waals surface area contributed by atoms with E-state index in [1.54, 1.807) is 26.8 Å². The van der Waals surface area contributed by atoms with Crippen LogP contribution in [0, 0.1) is 5.82 Å². The molecule has 2 rings (SSSR count). The number of hydrogen-bond acceptors (Lipinski definition) is 4. The molecule has 0 bridgehead atoms. The van der Waals surface area contributed by atoms with E-state index < -0.39 is 23.1 Å². The maximum absolute atomic E-state index is 13.3. The van der Waals surface area contributed by atoms with E-state index in [2.05, 4.69) is 4.98 Å². The van der Waals surface area contributed by atoms with Gasteiger partial charge < -0.3 is 4.74 Å². The molecule has 0 atom stereocenters. The number of amides is 1. The van der Waals surface area contributed by atoms with Crippen LogP contribution < -0.4 is 10.5 Å². The first-order valence-electron chi connectivity index (χ1n) is 6.98. The van der Waals surface area contributed by atoms with E-state index in [4.69, 9.17) is 4.74 Å². The maximum Gasteiger partial charge on any atom is 0.414 e. The zero-order valence-electron chi connectivity index (χ0n) is 13.4. The molecule has 0 aliphatic rings. The third-order valence-electron chi connectivity index (χ3n) is 2.92. The van der Waals surface area contributed by atoms with Crippen LogP contribution in [0.1, 0.15) is 20.8 Å². The minimum Gasteiger partial charge on any atom is -0.443 e. The minimum atomic E-state index is -0.675. The highest BCUT2D eigenvalue weighted by molar-refractivity contribution is 5.86. The second-order valence-electron chi connectivity index (χ2n) is 5.97. The standard InChI is InChI=1S/C16H18FN3O3/c1-16(2,3)23-15(22)19(4)13-6-5-7-20(14(13)21)12-8-11(17)9-18-10-12/h5-10H,1-4H3. The highest BCUT2D eigenvalue weighted by Gasteiger charge is 2.22. The van der Waals surface area contributed by atoms with Gasteiger partial charge in [0.05, 0.1) is 18.1 Å². The van der Waals surface area contributed by atoms with Gasteiger partial charge in [0, 0.05) is 19.3 Å². The van der Waals surface area contributed by atoms with Crippen LogP contribution in [0.2, 0.25) is 0 Å². The number of pyridine rings is 2. The lowest BCUT2D eigenvalue weighted by molar-refractivity contribution is 0.0589. The second-order valence-corrected chi connectivity index (χ2v) is 5.97. The summed E-state index contributed by atoms with van der Waals surface area (Å²) in [7, 11) is 1.44. The van der Waals surface area contributed by atoms with Gasteiger partial charge in [0.1, 0.15) is 17.1 Å². The van der Waals surface area contributed by atoms with Crippen molar-refractivity contribution in [1.82, 2.24) is 9.55 Å². The summed E-state index contributed by atoms with van der Waals surface area (Å²) in [5.74, 6) is -0.555. The van der Waals surface area contributed by atoms with E-state index in [1.165, 1.54) is 36.1 Å². The van der Waals surface area contributed by atoms with E-state index in [1.807, 2.05) is 0 Å². The van der Waals surface area contributed by atoms with Crippen LogP contribution in [0.4, 0.5) is 14.9 Å². The SMILES string of the molecule is CN(C(=O)OC(C)(C)C)c1cccn(-c2cncc(F)c2)c1=O. The molecule has 1 amide bonds. The number of carbonyl (C=O) groups is 1.